The lowest BCUT2D eigenvalue weighted by molar-refractivity contribution is 0.545. The number of fused-ring (bicyclic) bond motifs is 3. The van der Waals surface area contributed by atoms with Gasteiger partial charge in [-0.3, -0.25) is 0 Å². The van der Waals surface area contributed by atoms with E-state index in [4.69, 9.17) is 19.4 Å². The Labute approximate surface area is 194 Å². The van der Waals surface area contributed by atoms with Gasteiger partial charge in [-0.15, -0.1) is 0 Å². The molecular formula is C27H20BrN3O. The van der Waals surface area contributed by atoms with Crippen LogP contribution < -0.4 is 0 Å². The van der Waals surface area contributed by atoms with E-state index in [0.717, 1.165) is 69.2 Å². The second kappa shape index (κ2) is 7.99. The molecule has 2 heterocycles. The summed E-state index contributed by atoms with van der Waals surface area (Å²) < 4.78 is 7.23. The molecule has 0 N–H and O–H groups in total. The van der Waals surface area contributed by atoms with Crippen molar-refractivity contribution >= 4 is 38.0 Å². The molecule has 2 aromatic heterocycles. The van der Waals surface area contributed by atoms with Crippen LogP contribution in [0.1, 0.15) is 42.2 Å². The number of benzene rings is 2. The van der Waals surface area contributed by atoms with E-state index in [0.29, 0.717) is 17.5 Å². The highest BCUT2D eigenvalue weighted by molar-refractivity contribution is 9.10. The number of aryl methyl sites for hydroxylation is 1. The monoisotopic (exact) mass is 481 g/mol. The molecule has 6 rings (SSSR count). The van der Waals surface area contributed by atoms with Crippen molar-refractivity contribution in [2.45, 2.75) is 25.7 Å². The highest BCUT2D eigenvalue weighted by Gasteiger charge is 2.25. The Morgan fingerprint density at radius 3 is 2.50 bits per heavy atom. The van der Waals surface area contributed by atoms with Gasteiger partial charge in [-0.05, 0) is 37.5 Å². The zero-order valence-corrected chi connectivity index (χ0v) is 19.0. The summed E-state index contributed by atoms with van der Waals surface area (Å²) in [5.74, 6) is 3.09. The van der Waals surface area contributed by atoms with Crippen molar-refractivity contribution < 1.29 is 4.42 Å². The molecule has 4 aromatic rings. The van der Waals surface area contributed by atoms with E-state index in [-0.39, 0.29) is 0 Å². The molecule has 156 valence electrons. The van der Waals surface area contributed by atoms with Crippen molar-refractivity contribution in [3.63, 3.8) is 0 Å². The van der Waals surface area contributed by atoms with Crippen LogP contribution in [-0.4, -0.2) is 15.0 Å². The third-order valence-electron chi connectivity index (χ3n) is 5.87. The number of allylic oxidation sites excluding steroid dienone is 5. The van der Waals surface area contributed by atoms with Crippen LogP contribution in [0.2, 0.25) is 0 Å². The summed E-state index contributed by atoms with van der Waals surface area (Å²) in [7, 11) is 0. The summed E-state index contributed by atoms with van der Waals surface area (Å²) in [6, 6.07) is 16.2. The molecule has 0 bridgehead atoms. The van der Waals surface area contributed by atoms with Gasteiger partial charge in [0.1, 0.15) is 11.3 Å². The summed E-state index contributed by atoms with van der Waals surface area (Å²) in [6.07, 6.45) is 12.6. The smallest absolute Gasteiger partial charge is 0.164 e. The number of halogens is 1. The van der Waals surface area contributed by atoms with Crippen LogP contribution in [0.4, 0.5) is 0 Å². The first-order chi connectivity index (χ1) is 15.8. The van der Waals surface area contributed by atoms with Crippen molar-refractivity contribution in [2.24, 2.45) is 0 Å². The van der Waals surface area contributed by atoms with Gasteiger partial charge < -0.3 is 4.42 Å². The molecule has 0 saturated heterocycles. The van der Waals surface area contributed by atoms with Gasteiger partial charge in [0.05, 0.1) is 0 Å². The normalized spacial score (nSPS) is 15.4. The highest BCUT2D eigenvalue weighted by atomic mass is 79.9. The average molecular weight is 482 g/mol. The SMILES string of the molecule is Brc1ccc2oc3c(c2c1)C(c1nc(C2=CCCC=C2)nc(-c2ccccc2)n1)=CCC3. The minimum absolute atomic E-state index is 0.687. The van der Waals surface area contributed by atoms with Crippen molar-refractivity contribution in [3.8, 4) is 11.4 Å². The molecular weight excluding hydrogens is 462 g/mol. The fraction of sp³-hybridized carbons (Fsp3) is 0.148. The highest BCUT2D eigenvalue weighted by Crippen LogP contribution is 2.39. The van der Waals surface area contributed by atoms with Gasteiger partial charge in [-0.1, -0.05) is 70.6 Å². The van der Waals surface area contributed by atoms with E-state index in [1.165, 1.54) is 0 Å². The van der Waals surface area contributed by atoms with Crippen LogP contribution in [-0.2, 0) is 6.42 Å². The lowest BCUT2D eigenvalue weighted by Crippen LogP contribution is -2.08. The average Bonchev–Trinajstić information content (AvgIpc) is 3.23. The summed E-state index contributed by atoms with van der Waals surface area (Å²) in [6.45, 7) is 0. The number of nitrogens with zero attached hydrogens (tertiary/aromatic N) is 3. The molecule has 2 aromatic carbocycles. The Morgan fingerprint density at radius 2 is 1.66 bits per heavy atom. The molecule has 0 saturated carbocycles. The molecule has 4 nitrogen and oxygen atoms in total. The second-order valence-corrected chi connectivity index (χ2v) is 8.92. The quantitative estimate of drug-likeness (QED) is 0.311. The minimum Gasteiger partial charge on any atom is -0.460 e. The van der Waals surface area contributed by atoms with Crippen molar-refractivity contribution in [3.05, 3.63) is 100 Å². The molecule has 0 atom stereocenters. The Kier molecular flexibility index (Phi) is 4.84. The van der Waals surface area contributed by atoms with Gasteiger partial charge in [0, 0.05) is 38.6 Å². The van der Waals surface area contributed by atoms with Gasteiger partial charge in [0.25, 0.3) is 0 Å². The van der Waals surface area contributed by atoms with E-state index in [1.54, 1.807) is 0 Å². The fourth-order valence-electron chi connectivity index (χ4n) is 4.37. The van der Waals surface area contributed by atoms with E-state index in [1.807, 2.05) is 42.5 Å². The molecule has 0 spiro atoms. The molecule has 0 unspecified atom stereocenters. The summed E-state index contributed by atoms with van der Waals surface area (Å²) in [5, 5.41) is 1.08. The van der Waals surface area contributed by atoms with Crippen LogP contribution in [0.15, 0.2) is 81.7 Å². The molecule has 2 aliphatic rings. The van der Waals surface area contributed by atoms with Gasteiger partial charge in [0.15, 0.2) is 17.5 Å². The van der Waals surface area contributed by atoms with Gasteiger partial charge in [-0.2, -0.15) is 0 Å². The summed E-state index contributed by atoms with van der Waals surface area (Å²) in [5.41, 5.74) is 5.03. The lowest BCUT2D eigenvalue weighted by atomic mass is 9.93. The van der Waals surface area contributed by atoms with E-state index >= 15 is 0 Å². The van der Waals surface area contributed by atoms with Gasteiger partial charge in [0.2, 0.25) is 0 Å². The first-order valence-corrected chi connectivity index (χ1v) is 11.7. The Morgan fingerprint density at radius 1 is 0.812 bits per heavy atom. The zero-order chi connectivity index (χ0) is 21.5. The molecule has 0 radical (unpaired) electrons. The van der Waals surface area contributed by atoms with Crippen LogP contribution in [0.5, 0.6) is 0 Å². The Bertz CT molecular complexity index is 1430. The maximum absolute atomic E-state index is 6.20. The molecule has 0 amide bonds. The number of hydrogen-bond acceptors (Lipinski definition) is 4. The summed E-state index contributed by atoms with van der Waals surface area (Å²) in [4.78, 5) is 14.7. The van der Waals surface area contributed by atoms with Crippen molar-refractivity contribution in [2.75, 3.05) is 0 Å². The van der Waals surface area contributed by atoms with Crippen molar-refractivity contribution in [1.82, 2.24) is 15.0 Å². The van der Waals surface area contributed by atoms with E-state index < -0.39 is 0 Å². The third kappa shape index (κ3) is 3.43. The standard InChI is InChI=1S/C27H20BrN3O/c28-19-14-15-22-21(16-19)24-20(12-7-13-23(24)32-22)27-30-25(17-8-3-1-4-9-17)29-26(31-27)18-10-5-2-6-11-18/h1,3-5,8-12,14-16H,2,6-7,13H2. The Hall–Kier alpha value is -3.31. The molecule has 0 aliphatic heterocycles. The number of aromatic nitrogens is 3. The molecule has 2 aliphatic carbocycles. The Balaban J connectivity index is 1.57. The van der Waals surface area contributed by atoms with E-state index in [9.17, 15) is 0 Å². The maximum atomic E-state index is 6.20. The number of rotatable bonds is 3. The van der Waals surface area contributed by atoms with Crippen molar-refractivity contribution in [1.29, 1.82) is 0 Å². The van der Waals surface area contributed by atoms with Gasteiger partial charge >= 0.3 is 0 Å². The van der Waals surface area contributed by atoms with Gasteiger partial charge in [-0.25, -0.2) is 15.0 Å². The predicted octanol–water partition coefficient (Wildman–Crippen LogP) is 7.16. The predicted molar refractivity (Wildman–Crippen MR) is 131 cm³/mol. The minimum atomic E-state index is 0.687. The van der Waals surface area contributed by atoms with Crippen LogP contribution in [0.3, 0.4) is 0 Å². The van der Waals surface area contributed by atoms with E-state index in [2.05, 4.69) is 46.3 Å². The topological polar surface area (TPSA) is 51.8 Å². The fourth-order valence-corrected chi connectivity index (χ4v) is 4.73. The summed E-state index contributed by atoms with van der Waals surface area (Å²) >= 11 is 3.61. The first-order valence-electron chi connectivity index (χ1n) is 10.9. The van der Waals surface area contributed by atoms with Crippen LogP contribution in [0.25, 0.3) is 33.5 Å². The van der Waals surface area contributed by atoms with Crippen LogP contribution >= 0.6 is 15.9 Å². The molecule has 0 fully saturated rings. The zero-order valence-electron chi connectivity index (χ0n) is 17.4. The number of hydrogen-bond donors (Lipinski definition) is 0. The third-order valence-corrected chi connectivity index (χ3v) is 6.37. The first kappa shape index (κ1) is 19.4. The molecule has 5 heteroatoms. The molecule has 32 heavy (non-hydrogen) atoms. The lowest BCUT2D eigenvalue weighted by Gasteiger charge is -2.15. The maximum Gasteiger partial charge on any atom is 0.164 e. The largest absolute Gasteiger partial charge is 0.460 e. The van der Waals surface area contributed by atoms with Crippen LogP contribution in [0, 0.1) is 0 Å². The number of furan rings is 1. The second-order valence-electron chi connectivity index (χ2n) is 8.01.